The number of carbonyl (C=O) groups is 2. The van der Waals surface area contributed by atoms with Gasteiger partial charge in [-0.2, -0.15) is 0 Å². The van der Waals surface area contributed by atoms with Gasteiger partial charge in [0.25, 0.3) is 0 Å². The summed E-state index contributed by atoms with van der Waals surface area (Å²) in [5.41, 5.74) is 9.67. The second kappa shape index (κ2) is 6.56. The maximum Gasteiger partial charge on any atom is 0.320 e. The van der Waals surface area contributed by atoms with Gasteiger partial charge in [0.05, 0.1) is 0 Å². The Hall–Kier alpha value is -1.14. The van der Waals surface area contributed by atoms with Crippen LogP contribution in [0.3, 0.4) is 0 Å². The monoisotopic (exact) mass is 178 g/mol. The minimum atomic E-state index is -0.963. The molecule has 12 heavy (non-hydrogen) atoms. The van der Waals surface area contributed by atoms with Crippen LogP contribution in [-0.4, -0.2) is 34.2 Å². The lowest BCUT2D eigenvalue weighted by Gasteiger charge is -1.90. The molecule has 0 rings (SSSR count). The molecule has 0 saturated heterocycles. The van der Waals surface area contributed by atoms with Crippen molar-refractivity contribution in [2.75, 3.05) is 0 Å². The van der Waals surface area contributed by atoms with E-state index in [2.05, 4.69) is 0 Å². The molecule has 0 saturated carbocycles. The Balaban J connectivity index is 0. The molecule has 1 unspecified atom stereocenters. The molecule has 6 N–H and O–H groups in total. The highest BCUT2D eigenvalue weighted by molar-refractivity contribution is 5.72. The summed E-state index contributed by atoms with van der Waals surface area (Å²) in [6, 6.07) is -1.46. The lowest BCUT2D eigenvalue weighted by atomic mass is 10.4. The normalized spacial score (nSPS) is 13.7. The fraction of sp³-hybridized carbons (Fsp3) is 0.667. The Bertz CT molecular complexity index is 138. The van der Waals surface area contributed by atoms with Crippen molar-refractivity contribution in [3.05, 3.63) is 0 Å². The van der Waals surface area contributed by atoms with Crippen LogP contribution in [0.5, 0.6) is 0 Å². The number of hydrogen-bond acceptors (Lipinski definition) is 4. The van der Waals surface area contributed by atoms with E-state index in [1.807, 2.05) is 0 Å². The van der Waals surface area contributed by atoms with Crippen molar-refractivity contribution in [3.63, 3.8) is 0 Å². The van der Waals surface area contributed by atoms with Crippen LogP contribution >= 0.6 is 0 Å². The Morgan fingerprint density at radius 3 is 1.08 bits per heavy atom. The van der Waals surface area contributed by atoms with Crippen molar-refractivity contribution in [1.29, 1.82) is 0 Å². The first-order valence-corrected chi connectivity index (χ1v) is 3.25. The van der Waals surface area contributed by atoms with E-state index in [1.165, 1.54) is 13.8 Å². The van der Waals surface area contributed by atoms with E-state index in [9.17, 15) is 9.59 Å². The smallest absolute Gasteiger partial charge is 0.320 e. The molecular formula is C6H14N2O4. The molecule has 0 aliphatic carbocycles. The Labute approximate surface area is 70.2 Å². The minimum Gasteiger partial charge on any atom is -0.480 e. The van der Waals surface area contributed by atoms with Crippen molar-refractivity contribution < 1.29 is 19.8 Å². The van der Waals surface area contributed by atoms with E-state index >= 15 is 0 Å². The van der Waals surface area contributed by atoms with Crippen LogP contribution in [0.1, 0.15) is 13.8 Å². The van der Waals surface area contributed by atoms with E-state index < -0.39 is 24.0 Å². The third-order valence-electron chi connectivity index (χ3n) is 0.779. The largest absolute Gasteiger partial charge is 0.480 e. The Kier molecular flexibility index (Phi) is 7.36. The molecule has 0 amide bonds. The molecule has 6 nitrogen and oxygen atoms in total. The predicted octanol–water partition coefficient (Wildman–Crippen LogP) is -1.16. The fourth-order valence-electron chi connectivity index (χ4n) is 0. The van der Waals surface area contributed by atoms with Crippen molar-refractivity contribution >= 4 is 11.9 Å². The van der Waals surface area contributed by atoms with E-state index in [-0.39, 0.29) is 0 Å². The summed E-state index contributed by atoms with van der Waals surface area (Å²) in [4.78, 5) is 19.1. The second-order valence-corrected chi connectivity index (χ2v) is 2.25. The van der Waals surface area contributed by atoms with E-state index in [0.717, 1.165) is 0 Å². The zero-order valence-electron chi connectivity index (χ0n) is 7.02. The molecule has 72 valence electrons. The molecule has 0 fully saturated rings. The SMILES string of the molecule is CC(N)C(=O)O.C[C@H](N)C(=O)O. The molecule has 0 bridgehead atoms. The van der Waals surface area contributed by atoms with Gasteiger partial charge in [-0.05, 0) is 13.8 Å². The first kappa shape index (κ1) is 13.4. The highest BCUT2D eigenvalue weighted by atomic mass is 16.4. The van der Waals surface area contributed by atoms with Crippen LogP contribution in [0.25, 0.3) is 0 Å². The summed E-state index contributed by atoms with van der Waals surface area (Å²) in [6.07, 6.45) is 0. The topological polar surface area (TPSA) is 127 Å². The Morgan fingerprint density at radius 2 is 1.08 bits per heavy atom. The van der Waals surface area contributed by atoms with Crippen LogP contribution in [0.4, 0.5) is 0 Å². The van der Waals surface area contributed by atoms with Gasteiger partial charge in [-0.1, -0.05) is 0 Å². The van der Waals surface area contributed by atoms with Crippen molar-refractivity contribution in [1.82, 2.24) is 0 Å². The molecule has 0 aromatic rings. The molecule has 0 aliphatic heterocycles. The Morgan fingerprint density at radius 1 is 1.00 bits per heavy atom. The van der Waals surface area contributed by atoms with Gasteiger partial charge in [0.1, 0.15) is 12.1 Å². The maximum absolute atomic E-state index is 9.57. The summed E-state index contributed by atoms with van der Waals surface area (Å²) >= 11 is 0. The summed E-state index contributed by atoms with van der Waals surface area (Å²) in [5.74, 6) is -1.93. The molecule has 0 radical (unpaired) electrons. The predicted molar refractivity (Wildman–Crippen MR) is 42.6 cm³/mol. The number of nitrogens with two attached hydrogens (primary N) is 2. The van der Waals surface area contributed by atoms with Crippen LogP contribution in [0.15, 0.2) is 0 Å². The third kappa shape index (κ3) is 11.6. The zero-order chi connectivity index (χ0) is 10.3. The molecular weight excluding hydrogens is 164 g/mol. The molecule has 0 heterocycles. The molecule has 2 atom stereocenters. The fourth-order valence-corrected chi connectivity index (χ4v) is 0. The highest BCUT2D eigenvalue weighted by Crippen LogP contribution is 1.68. The summed E-state index contributed by atoms with van der Waals surface area (Å²) in [6.45, 7) is 2.84. The molecule has 0 spiro atoms. The van der Waals surface area contributed by atoms with Gasteiger partial charge in [0.15, 0.2) is 0 Å². The summed E-state index contributed by atoms with van der Waals surface area (Å²) in [7, 11) is 0. The quantitative estimate of drug-likeness (QED) is 0.422. The van der Waals surface area contributed by atoms with Gasteiger partial charge < -0.3 is 21.7 Å². The minimum absolute atomic E-state index is 0.731. The van der Waals surface area contributed by atoms with Gasteiger partial charge in [-0.15, -0.1) is 0 Å². The average molecular weight is 178 g/mol. The maximum atomic E-state index is 9.57. The number of aliphatic carboxylic acids is 2. The van der Waals surface area contributed by atoms with Crippen LogP contribution in [-0.2, 0) is 9.59 Å². The van der Waals surface area contributed by atoms with Crippen LogP contribution < -0.4 is 11.5 Å². The third-order valence-corrected chi connectivity index (χ3v) is 0.779. The van der Waals surface area contributed by atoms with Crippen molar-refractivity contribution in [2.45, 2.75) is 25.9 Å². The average Bonchev–Trinajstić information content (AvgIpc) is 1.88. The van der Waals surface area contributed by atoms with Gasteiger partial charge in [-0.3, -0.25) is 9.59 Å². The molecule has 6 heteroatoms. The highest BCUT2D eigenvalue weighted by Gasteiger charge is 2.00. The van der Waals surface area contributed by atoms with Gasteiger partial charge >= 0.3 is 11.9 Å². The molecule has 0 aromatic carbocycles. The first-order chi connectivity index (χ1) is 5.29. The number of rotatable bonds is 2. The van der Waals surface area contributed by atoms with Crippen LogP contribution in [0, 0.1) is 0 Å². The van der Waals surface area contributed by atoms with E-state index in [4.69, 9.17) is 21.7 Å². The lowest BCUT2D eigenvalue weighted by Crippen LogP contribution is -2.25. The second-order valence-electron chi connectivity index (χ2n) is 2.25. The van der Waals surface area contributed by atoms with Gasteiger partial charge in [0, 0.05) is 0 Å². The van der Waals surface area contributed by atoms with Gasteiger partial charge in [0.2, 0.25) is 0 Å². The van der Waals surface area contributed by atoms with E-state index in [1.54, 1.807) is 0 Å². The number of hydrogen-bond donors (Lipinski definition) is 4. The van der Waals surface area contributed by atoms with Gasteiger partial charge in [-0.25, -0.2) is 0 Å². The molecule has 0 aromatic heterocycles. The standard InChI is InChI=1S/2C3H7NO2/c2*1-2(4)3(5)6/h2*2H,4H2,1H3,(H,5,6)/t2-;/m0./s1. The number of carboxylic acid groups (broad SMARTS) is 2. The van der Waals surface area contributed by atoms with E-state index in [0.29, 0.717) is 0 Å². The molecule has 0 aliphatic rings. The summed E-state index contributed by atoms with van der Waals surface area (Å²) in [5, 5.41) is 15.7. The van der Waals surface area contributed by atoms with Crippen LogP contribution in [0.2, 0.25) is 0 Å². The first-order valence-electron chi connectivity index (χ1n) is 3.25. The number of carboxylic acids is 2. The summed E-state index contributed by atoms with van der Waals surface area (Å²) < 4.78 is 0. The van der Waals surface area contributed by atoms with Crippen molar-refractivity contribution in [2.24, 2.45) is 11.5 Å². The lowest BCUT2D eigenvalue weighted by molar-refractivity contribution is -0.139. The zero-order valence-corrected chi connectivity index (χ0v) is 7.02. The van der Waals surface area contributed by atoms with Crippen molar-refractivity contribution in [3.8, 4) is 0 Å².